The van der Waals surface area contributed by atoms with E-state index in [1.807, 2.05) is 36.4 Å². The van der Waals surface area contributed by atoms with Crippen LogP contribution in [0, 0.1) is 18.3 Å². The first-order valence-corrected chi connectivity index (χ1v) is 11.1. The van der Waals surface area contributed by atoms with Gasteiger partial charge in [-0.3, -0.25) is 4.79 Å². The largest absolute Gasteiger partial charge is 0.360 e. The van der Waals surface area contributed by atoms with Crippen molar-refractivity contribution < 1.29 is 4.79 Å². The number of carbonyl (C=O) groups excluding carboxylic acids is 1. The van der Waals surface area contributed by atoms with Crippen LogP contribution in [0.2, 0.25) is 10.0 Å². The summed E-state index contributed by atoms with van der Waals surface area (Å²) in [4.78, 5) is 17.1. The summed E-state index contributed by atoms with van der Waals surface area (Å²) in [6.45, 7) is 2.06. The van der Waals surface area contributed by atoms with Crippen LogP contribution in [0.3, 0.4) is 0 Å². The number of rotatable bonds is 5. The van der Waals surface area contributed by atoms with Crippen LogP contribution in [0.25, 0.3) is 20.8 Å². The van der Waals surface area contributed by atoms with Crippen molar-refractivity contribution in [3.63, 3.8) is 0 Å². The highest BCUT2D eigenvalue weighted by molar-refractivity contribution is 7.21. The number of fused-ring (bicyclic) bond motifs is 1. The summed E-state index contributed by atoms with van der Waals surface area (Å²) in [5, 5.41) is 16.6. The normalized spacial score (nSPS) is 11.2. The number of halogens is 2. The van der Waals surface area contributed by atoms with Gasteiger partial charge in [-0.25, -0.2) is 4.98 Å². The van der Waals surface area contributed by atoms with Gasteiger partial charge in [0.15, 0.2) is 0 Å². The zero-order valence-corrected chi connectivity index (χ0v) is 19.1. The number of hydrogen-bond acceptors (Lipinski definition) is 5. The van der Waals surface area contributed by atoms with E-state index in [9.17, 15) is 10.1 Å². The summed E-state index contributed by atoms with van der Waals surface area (Å²) >= 11 is 13.6. The third kappa shape index (κ3) is 4.92. The highest BCUT2D eigenvalue weighted by Crippen LogP contribution is 2.31. The van der Waals surface area contributed by atoms with Crippen molar-refractivity contribution in [2.45, 2.75) is 6.92 Å². The predicted octanol–water partition coefficient (Wildman–Crippen LogP) is 7.04. The number of anilines is 2. The number of thiazole rings is 1. The molecule has 2 N–H and O–H groups in total. The van der Waals surface area contributed by atoms with Crippen LogP contribution in [0.5, 0.6) is 0 Å². The van der Waals surface area contributed by atoms with Gasteiger partial charge in [-0.15, -0.1) is 11.3 Å². The summed E-state index contributed by atoms with van der Waals surface area (Å²) < 4.78 is 1.15. The average molecular weight is 479 g/mol. The molecule has 0 aliphatic heterocycles. The first-order chi connectivity index (χ1) is 15.4. The molecule has 0 spiro atoms. The van der Waals surface area contributed by atoms with E-state index in [-0.39, 0.29) is 5.57 Å². The number of hydrogen-bond donors (Lipinski definition) is 2. The van der Waals surface area contributed by atoms with Gasteiger partial charge in [0.05, 0.1) is 20.9 Å². The number of amides is 1. The van der Waals surface area contributed by atoms with Crippen LogP contribution in [-0.4, -0.2) is 10.9 Å². The Balaban J connectivity index is 1.47. The summed E-state index contributed by atoms with van der Waals surface area (Å²) in [7, 11) is 0. The van der Waals surface area contributed by atoms with E-state index in [4.69, 9.17) is 23.2 Å². The molecule has 0 aliphatic rings. The quantitative estimate of drug-likeness (QED) is 0.238. The number of carbonyl (C=O) groups is 1. The number of nitrogens with zero attached hydrogens (tertiary/aromatic N) is 2. The number of aromatic nitrogens is 1. The Hall–Kier alpha value is -3.37. The highest BCUT2D eigenvalue weighted by atomic mass is 35.5. The molecule has 0 radical (unpaired) electrons. The van der Waals surface area contributed by atoms with Crippen LogP contribution < -0.4 is 10.6 Å². The molecular weight excluding hydrogens is 463 g/mol. The van der Waals surface area contributed by atoms with Crippen molar-refractivity contribution in [2.24, 2.45) is 0 Å². The van der Waals surface area contributed by atoms with Gasteiger partial charge < -0.3 is 10.6 Å². The third-order valence-corrected chi connectivity index (χ3v) is 6.23. The van der Waals surface area contributed by atoms with E-state index < -0.39 is 5.91 Å². The van der Waals surface area contributed by atoms with Crippen LogP contribution in [-0.2, 0) is 4.79 Å². The molecule has 8 heteroatoms. The SMILES string of the molecule is Cc1ccc2nc(-c3ccc(N/C=C(/C#N)C(=O)Nc4cc(Cl)ccc4Cl)cc3)sc2c1. The molecule has 4 rings (SSSR count). The smallest absolute Gasteiger partial charge is 0.267 e. The third-order valence-electron chi connectivity index (χ3n) is 4.60. The second kappa shape index (κ2) is 9.41. The minimum Gasteiger partial charge on any atom is -0.360 e. The summed E-state index contributed by atoms with van der Waals surface area (Å²) in [5.41, 5.74) is 4.13. The van der Waals surface area contributed by atoms with E-state index in [0.29, 0.717) is 15.7 Å². The zero-order valence-electron chi connectivity index (χ0n) is 16.8. The van der Waals surface area contributed by atoms with Gasteiger partial charge in [-0.05, 0) is 67.1 Å². The van der Waals surface area contributed by atoms with E-state index in [1.165, 1.54) is 17.8 Å². The maximum Gasteiger partial charge on any atom is 0.267 e. The fourth-order valence-corrected chi connectivity index (χ4v) is 4.36. The lowest BCUT2D eigenvalue weighted by atomic mass is 10.2. The first kappa shape index (κ1) is 21.8. The van der Waals surface area contributed by atoms with Crippen LogP contribution in [0.4, 0.5) is 11.4 Å². The number of nitrogens with one attached hydrogen (secondary N) is 2. The van der Waals surface area contributed by atoms with Crippen LogP contribution >= 0.6 is 34.5 Å². The van der Waals surface area contributed by atoms with Gasteiger partial charge >= 0.3 is 0 Å². The molecular formula is C24H16Cl2N4OS. The van der Waals surface area contributed by atoms with Gasteiger partial charge in [-0.1, -0.05) is 29.3 Å². The minimum atomic E-state index is -0.592. The second-order valence-corrected chi connectivity index (χ2v) is 8.83. The lowest BCUT2D eigenvalue weighted by Crippen LogP contribution is -2.14. The Kier molecular flexibility index (Phi) is 6.42. The number of benzene rings is 3. The van der Waals surface area contributed by atoms with Gasteiger partial charge in [0.2, 0.25) is 0 Å². The van der Waals surface area contributed by atoms with Crippen LogP contribution in [0.1, 0.15) is 5.56 Å². The van der Waals surface area contributed by atoms with Crippen molar-refractivity contribution >= 4 is 62.0 Å². The molecule has 1 aromatic heterocycles. The lowest BCUT2D eigenvalue weighted by Gasteiger charge is -2.07. The molecule has 0 unspecified atom stereocenters. The molecule has 0 fully saturated rings. The second-order valence-electron chi connectivity index (χ2n) is 6.96. The molecule has 1 heterocycles. The van der Waals surface area contributed by atoms with E-state index >= 15 is 0 Å². The van der Waals surface area contributed by atoms with Crippen LogP contribution in [0.15, 0.2) is 72.4 Å². The van der Waals surface area contributed by atoms with Crippen molar-refractivity contribution in [1.82, 2.24) is 4.98 Å². The molecule has 5 nitrogen and oxygen atoms in total. The fraction of sp³-hybridized carbons (Fsp3) is 0.0417. The van der Waals surface area contributed by atoms with E-state index in [1.54, 1.807) is 23.5 Å². The van der Waals surface area contributed by atoms with E-state index in [2.05, 4.69) is 34.7 Å². The Morgan fingerprint density at radius 3 is 2.62 bits per heavy atom. The standard InChI is InChI=1S/C24H16Cl2N4OS/c1-14-2-9-20-22(10-14)32-24(30-20)15-3-6-18(7-4-15)28-13-16(12-27)23(31)29-21-11-17(25)5-8-19(21)26/h2-11,13,28H,1H3,(H,29,31)/b16-13-. The first-order valence-electron chi connectivity index (χ1n) is 9.54. The molecule has 0 atom stereocenters. The Bertz CT molecular complexity index is 1390. The van der Waals surface area contributed by atoms with Gasteiger partial charge in [0, 0.05) is 22.5 Å². The maximum absolute atomic E-state index is 12.4. The molecule has 0 aliphatic carbocycles. The number of nitriles is 1. The molecule has 32 heavy (non-hydrogen) atoms. The predicted molar refractivity (Wildman–Crippen MR) is 132 cm³/mol. The Labute approximate surface area is 198 Å². The topological polar surface area (TPSA) is 77.8 Å². The maximum atomic E-state index is 12.4. The zero-order chi connectivity index (χ0) is 22.7. The Morgan fingerprint density at radius 2 is 1.88 bits per heavy atom. The van der Waals surface area contributed by atoms with Gasteiger partial charge in [0.25, 0.3) is 5.91 Å². The summed E-state index contributed by atoms with van der Waals surface area (Å²) in [5.74, 6) is -0.592. The molecule has 1 amide bonds. The molecule has 4 aromatic rings. The minimum absolute atomic E-state index is 0.105. The monoisotopic (exact) mass is 478 g/mol. The van der Waals surface area contributed by atoms with E-state index in [0.717, 1.165) is 26.5 Å². The average Bonchev–Trinajstić information content (AvgIpc) is 3.20. The fourth-order valence-electron chi connectivity index (χ4n) is 2.95. The lowest BCUT2D eigenvalue weighted by molar-refractivity contribution is -0.112. The van der Waals surface area contributed by atoms with Gasteiger partial charge in [0.1, 0.15) is 16.6 Å². The highest BCUT2D eigenvalue weighted by Gasteiger charge is 2.12. The molecule has 3 aromatic carbocycles. The summed E-state index contributed by atoms with van der Waals surface area (Å²) in [6, 6.07) is 20.4. The van der Waals surface area contributed by atoms with Crippen molar-refractivity contribution in [3.05, 3.63) is 88.0 Å². The number of aryl methyl sites for hydroxylation is 1. The van der Waals surface area contributed by atoms with Crippen molar-refractivity contribution in [2.75, 3.05) is 10.6 Å². The Morgan fingerprint density at radius 1 is 1.09 bits per heavy atom. The van der Waals surface area contributed by atoms with Gasteiger partial charge in [-0.2, -0.15) is 5.26 Å². The molecule has 0 saturated carbocycles. The molecule has 0 saturated heterocycles. The molecule has 0 bridgehead atoms. The summed E-state index contributed by atoms with van der Waals surface area (Å²) in [6.07, 6.45) is 1.35. The van der Waals surface area contributed by atoms with Crippen molar-refractivity contribution in [3.8, 4) is 16.6 Å². The molecule has 158 valence electrons. The van der Waals surface area contributed by atoms with Crippen molar-refractivity contribution in [1.29, 1.82) is 5.26 Å².